The summed E-state index contributed by atoms with van der Waals surface area (Å²) in [5, 5.41) is 26.7. The van der Waals surface area contributed by atoms with Crippen molar-refractivity contribution in [1.82, 2.24) is 24.4 Å². The van der Waals surface area contributed by atoms with Gasteiger partial charge in [0.2, 0.25) is 5.95 Å². The zero-order valence-corrected chi connectivity index (χ0v) is 14.2. The van der Waals surface area contributed by atoms with E-state index in [1.165, 1.54) is 4.52 Å². The predicted octanol–water partition coefficient (Wildman–Crippen LogP) is 0.816. The van der Waals surface area contributed by atoms with Crippen molar-refractivity contribution in [3.63, 3.8) is 0 Å². The Bertz CT molecular complexity index is 1140. The van der Waals surface area contributed by atoms with Gasteiger partial charge in [-0.3, -0.25) is 9.48 Å². The van der Waals surface area contributed by atoms with Gasteiger partial charge in [-0.25, -0.2) is 9.50 Å². The molecule has 3 heterocycles. The van der Waals surface area contributed by atoms with Gasteiger partial charge in [-0.05, 0) is 25.0 Å². The molecular formula is C17H15N9O. The van der Waals surface area contributed by atoms with Gasteiger partial charge in [0, 0.05) is 11.8 Å². The number of rotatable bonds is 4. The van der Waals surface area contributed by atoms with Crippen molar-refractivity contribution in [3.05, 3.63) is 30.2 Å². The molecule has 4 N–H and O–H groups in total. The molecule has 0 spiro atoms. The Morgan fingerprint density at radius 1 is 1.37 bits per heavy atom. The third kappa shape index (κ3) is 2.47. The Labute approximate surface area is 153 Å². The highest BCUT2D eigenvalue weighted by Crippen LogP contribution is 2.46. The normalized spacial score (nSPS) is 21.3. The van der Waals surface area contributed by atoms with Crippen LogP contribution in [0.5, 0.6) is 0 Å². The summed E-state index contributed by atoms with van der Waals surface area (Å²) in [5.74, 6) is -0.709. The van der Waals surface area contributed by atoms with Crippen LogP contribution in [0, 0.1) is 28.6 Å². The second kappa shape index (κ2) is 5.81. The van der Waals surface area contributed by atoms with Crippen LogP contribution in [0.15, 0.2) is 24.5 Å². The van der Waals surface area contributed by atoms with E-state index in [9.17, 15) is 10.1 Å². The van der Waals surface area contributed by atoms with E-state index in [4.69, 9.17) is 16.7 Å². The molecule has 0 aromatic carbocycles. The lowest BCUT2D eigenvalue weighted by molar-refractivity contribution is 0.0881. The highest BCUT2D eigenvalue weighted by atomic mass is 16.1. The average Bonchev–Trinajstić information content (AvgIpc) is 3.24. The molecule has 4 rings (SSSR count). The number of nitrogens with two attached hydrogens (primary N) is 2. The van der Waals surface area contributed by atoms with Crippen LogP contribution in [0.4, 0.5) is 5.95 Å². The Morgan fingerprint density at radius 3 is 2.81 bits per heavy atom. The number of nitrogens with zero attached hydrogens (tertiary/aromatic N) is 7. The van der Waals surface area contributed by atoms with E-state index in [1.54, 1.807) is 29.2 Å². The lowest BCUT2D eigenvalue weighted by Crippen LogP contribution is -2.46. The van der Waals surface area contributed by atoms with Crippen molar-refractivity contribution in [1.29, 1.82) is 10.5 Å². The number of amides is 1. The van der Waals surface area contributed by atoms with Crippen LogP contribution in [0.25, 0.3) is 16.8 Å². The number of nitrogen functional groups attached to an aromatic ring is 1. The maximum absolute atomic E-state index is 11.6. The fraction of sp³-hybridized carbons (Fsp3) is 0.294. The first-order valence-corrected chi connectivity index (χ1v) is 8.24. The van der Waals surface area contributed by atoms with Gasteiger partial charge in [0.05, 0.1) is 41.7 Å². The smallest absolute Gasteiger partial charge is 0.267 e. The van der Waals surface area contributed by atoms with Crippen LogP contribution in [0.2, 0.25) is 0 Å². The lowest BCUT2D eigenvalue weighted by atomic mass is 9.67. The summed E-state index contributed by atoms with van der Waals surface area (Å²) in [5.41, 5.74) is 12.6. The van der Waals surface area contributed by atoms with Crippen LogP contribution in [-0.2, 0) is 5.54 Å². The van der Waals surface area contributed by atoms with E-state index >= 15 is 0 Å². The van der Waals surface area contributed by atoms with Crippen LogP contribution in [0.1, 0.15) is 29.8 Å². The fourth-order valence-electron chi connectivity index (χ4n) is 3.62. The summed E-state index contributed by atoms with van der Waals surface area (Å²) in [6.45, 7) is 0. The van der Waals surface area contributed by atoms with Gasteiger partial charge < -0.3 is 11.5 Å². The minimum absolute atomic E-state index is 0.0103. The Morgan fingerprint density at radius 2 is 2.15 bits per heavy atom. The van der Waals surface area contributed by atoms with Gasteiger partial charge in [0.25, 0.3) is 5.91 Å². The molecule has 0 aliphatic heterocycles. The highest BCUT2D eigenvalue weighted by Gasteiger charge is 2.46. The summed E-state index contributed by atoms with van der Waals surface area (Å²) in [7, 11) is 0. The van der Waals surface area contributed by atoms with Crippen LogP contribution < -0.4 is 11.5 Å². The Balaban J connectivity index is 1.79. The Hall–Kier alpha value is -3.92. The third-order valence-electron chi connectivity index (χ3n) is 4.96. The number of nitriles is 2. The van der Waals surface area contributed by atoms with Crippen LogP contribution in [-0.4, -0.2) is 30.3 Å². The number of carbonyl (C=O) groups is 1. The average molecular weight is 361 g/mol. The number of aromatic nitrogens is 5. The second-order valence-corrected chi connectivity index (χ2v) is 6.67. The van der Waals surface area contributed by atoms with Gasteiger partial charge in [-0.15, -0.1) is 5.10 Å². The van der Waals surface area contributed by atoms with Gasteiger partial charge >= 0.3 is 0 Å². The molecule has 10 heteroatoms. The molecule has 1 aliphatic rings. The molecule has 1 saturated carbocycles. The Kier molecular flexibility index (Phi) is 3.56. The van der Waals surface area contributed by atoms with E-state index < -0.39 is 11.4 Å². The van der Waals surface area contributed by atoms with E-state index in [0.717, 1.165) is 0 Å². The van der Waals surface area contributed by atoms with E-state index in [1.807, 2.05) is 0 Å². The van der Waals surface area contributed by atoms with Crippen LogP contribution in [0.3, 0.4) is 0 Å². The topological polar surface area (TPSA) is 165 Å². The van der Waals surface area contributed by atoms with Crippen LogP contribution >= 0.6 is 0 Å². The molecule has 0 radical (unpaired) electrons. The number of fused-ring (bicyclic) bond motifs is 1. The predicted molar refractivity (Wildman–Crippen MR) is 93.7 cm³/mol. The molecule has 10 nitrogen and oxygen atoms in total. The van der Waals surface area contributed by atoms with Crippen molar-refractivity contribution in [3.8, 4) is 23.4 Å². The number of primary amides is 1. The zero-order chi connectivity index (χ0) is 19.2. The minimum atomic E-state index is -0.625. The highest BCUT2D eigenvalue weighted by molar-refractivity contribution is 5.93. The molecule has 1 aliphatic carbocycles. The third-order valence-corrected chi connectivity index (χ3v) is 4.96. The number of hydrogen-bond acceptors (Lipinski definition) is 7. The molecule has 1 fully saturated rings. The van der Waals surface area contributed by atoms with Crippen molar-refractivity contribution in [2.45, 2.75) is 24.8 Å². The first kappa shape index (κ1) is 16.5. The number of anilines is 1. The molecule has 0 atom stereocenters. The molecule has 27 heavy (non-hydrogen) atoms. The van der Waals surface area contributed by atoms with Crippen molar-refractivity contribution >= 4 is 17.4 Å². The van der Waals surface area contributed by atoms with Gasteiger partial charge in [-0.1, -0.05) is 0 Å². The number of hydrogen-bond donors (Lipinski definition) is 2. The van der Waals surface area contributed by atoms with E-state index in [0.29, 0.717) is 29.6 Å². The second-order valence-electron chi connectivity index (χ2n) is 6.67. The number of carbonyl (C=O) groups excluding carboxylic acids is 1. The molecule has 3 aromatic heterocycles. The maximum atomic E-state index is 11.6. The van der Waals surface area contributed by atoms with E-state index in [2.05, 4.69) is 27.3 Å². The van der Waals surface area contributed by atoms with Gasteiger partial charge in [-0.2, -0.15) is 15.6 Å². The standard InChI is InChI=1S/C17H15N9O/c18-4-3-17(5-10(6-17)7-19)25-9-11(8-22-25)14-12-1-2-13(15(20)27)26(12)24-16(21)23-14/h1-2,8-10H,3,5-6H2,(H2,20,27)(H2,21,24)/t10-,17+. The summed E-state index contributed by atoms with van der Waals surface area (Å²) in [6.07, 6.45) is 4.83. The van der Waals surface area contributed by atoms with Gasteiger partial charge in [0.15, 0.2) is 0 Å². The summed E-state index contributed by atoms with van der Waals surface area (Å²) < 4.78 is 3.09. The molecule has 0 saturated heterocycles. The van der Waals surface area contributed by atoms with E-state index in [-0.39, 0.29) is 24.0 Å². The maximum Gasteiger partial charge on any atom is 0.267 e. The van der Waals surface area contributed by atoms with Crippen molar-refractivity contribution in [2.75, 3.05) is 5.73 Å². The molecule has 0 bridgehead atoms. The molecular weight excluding hydrogens is 346 g/mol. The summed E-state index contributed by atoms with van der Waals surface area (Å²) >= 11 is 0. The van der Waals surface area contributed by atoms with Crippen molar-refractivity contribution in [2.24, 2.45) is 11.7 Å². The van der Waals surface area contributed by atoms with Crippen molar-refractivity contribution < 1.29 is 4.79 Å². The lowest BCUT2D eigenvalue weighted by Gasteiger charge is -2.43. The first-order valence-electron chi connectivity index (χ1n) is 8.24. The molecule has 3 aromatic rings. The summed E-state index contributed by atoms with van der Waals surface area (Å²) in [4.78, 5) is 15.9. The fourth-order valence-corrected chi connectivity index (χ4v) is 3.62. The first-order chi connectivity index (χ1) is 13.0. The molecule has 0 unspecified atom stereocenters. The SMILES string of the molecule is N#CC[C@]1(n2cc(-c3nc(N)nn4c(C(N)=O)ccc34)cn2)C[C@@H](C#N)C1. The quantitative estimate of drug-likeness (QED) is 0.694. The zero-order valence-electron chi connectivity index (χ0n) is 14.2. The minimum Gasteiger partial charge on any atom is -0.367 e. The molecule has 134 valence electrons. The molecule has 1 amide bonds. The van der Waals surface area contributed by atoms with Gasteiger partial charge in [0.1, 0.15) is 11.4 Å². The monoisotopic (exact) mass is 361 g/mol. The largest absolute Gasteiger partial charge is 0.367 e. The summed E-state index contributed by atoms with van der Waals surface area (Å²) in [6, 6.07) is 7.66.